The predicted molar refractivity (Wildman–Crippen MR) is 97.1 cm³/mol. The molecular weight excluding hydrogens is 356 g/mol. The van der Waals surface area contributed by atoms with Gasteiger partial charge < -0.3 is 5.11 Å². The molecule has 126 valence electrons. The molecule has 25 heavy (non-hydrogen) atoms. The Kier molecular flexibility index (Phi) is 3.91. The molecule has 4 aromatic rings. The Morgan fingerprint density at radius 1 is 1.12 bits per heavy atom. The van der Waals surface area contributed by atoms with Crippen LogP contribution >= 0.6 is 11.3 Å². The lowest BCUT2D eigenvalue weighted by atomic mass is 10.1. The van der Waals surface area contributed by atoms with Crippen molar-refractivity contribution in [3.05, 3.63) is 82.9 Å². The Bertz CT molecular complexity index is 1120. The summed E-state index contributed by atoms with van der Waals surface area (Å²) >= 11 is 1.45. The van der Waals surface area contributed by atoms with Crippen LogP contribution in [0.2, 0.25) is 0 Å². The van der Waals surface area contributed by atoms with Crippen molar-refractivity contribution in [1.29, 1.82) is 0 Å². The quantitative estimate of drug-likeness (QED) is 0.597. The second kappa shape index (κ2) is 6.11. The third-order valence-corrected chi connectivity index (χ3v) is 6.47. The first-order valence-electron chi connectivity index (χ1n) is 7.55. The highest BCUT2D eigenvalue weighted by Gasteiger charge is 2.27. The first-order chi connectivity index (χ1) is 12.1. The van der Waals surface area contributed by atoms with Crippen molar-refractivity contribution in [3.8, 4) is 0 Å². The normalized spacial score (nSPS) is 13.2. The molecule has 3 aromatic heterocycles. The van der Waals surface area contributed by atoms with E-state index in [4.69, 9.17) is 0 Å². The van der Waals surface area contributed by atoms with Gasteiger partial charge in [0.15, 0.2) is 0 Å². The van der Waals surface area contributed by atoms with E-state index in [1.807, 2.05) is 5.38 Å². The Morgan fingerprint density at radius 2 is 1.92 bits per heavy atom. The number of aromatic nitrogens is 2. The smallest absolute Gasteiger partial charge is 0.268 e. The van der Waals surface area contributed by atoms with Gasteiger partial charge >= 0.3 is 0 Å². The molecule has 4 rings (SSSR count). The van der Waals surface area contributed by atoms with E-state index in [2.05, 4.69) is 4.98 Å². The number of nitrogens with zero attached hydrogens (tertiary/aromatic N) is 2. The van der Waals surface area contributed by atoms with Gasteiger partial charge in [-0.3, -0.25) is 4.98 Å². The van der Waals surface area contributed by atoms with Crippen LogP contribution in [0, 0.1) is 0 Å². The van der Waals surface area contributed by atoms with Crippen LogP contribution in [0.1, 0.15) is 17.4 Å². The summed E-state index contributed by atoms with van der Waals surface area (Å²) in [4.78, 5) is 4.21. The van der Waals surface area contributed by atoms with Gasteiger partial charge in [0, 0.05) is 11.6 Å². The van der Waals surface area contributed by atoms with E-state index in [-0.39, 0.29) is 4.90 Å². The summed E-state index contributed by atoms with van der Waals surface area (Å²) < 4.78 is 27.6. The average molecular weight is 370 g/mol. The molecule has 5 nitrogen and oxygen atoms in total. The van der Waals surface area contributed by atoms with Crippen LogP contribution in [0.5, 0.6) is 0 Å². The Hall–Kier alpha value is -2.48. The van der Waals surface area contributed by atoms with E-state index in [1.54, 1.807) is 48.0 Å². The Morgan fingerprint density at radius 3 is 2.64 bits per heavy atom. The summed E-state index contributed by atoms with van der Waals surface area (Å²) in [5, 5.41) is 15.1. The molecule has 0 saturated carbocycles. The van der Waals surface area contributed by atoms with Crippen LogP contribution in [0.15, 0.2) is 76.6 Å². The predicted octanol–water partition coefficient (Wildman–Crippen LogP) is 3.42. The summed E-state index contributed by atoms with van der Waals surface area (Å²) in [7, 11) is -3.87. The van der Waals surface area contributed by atoms with Gasteiger partial charge in [-0.2, -0.15) is 11.3 Å². The molecule has 1 aromatic carbocycles. The van der Waals surface area contributed by atoms with Crippen LogP contribution in [0.4, 0.5) is 0 Å². The lowest BCUT2D eigenvalue weighted by Gasteiger charge is -2.15. The second-order valence-electron chi connectivity index (χ2n) is 5.55. The van der Waals surface area contributed by atoms with Crippen LogP contribution in [-0.2, 0) is 10.0 Å². The van der Waals surface area contributed by atoms with Crippen LogP contribution in [-0.4, -0.2) is 22.5 Å². The van der Waals surface area contributed by atoms with Gasteiger partial charge in [0.1, 0.15) is 6.10 Å². The van der Waals surface area contributed by atoms with E-state index in [1.165, 1.54) is 33.6 Å². The molecule has 0 aliphatic rings. The van der Waals surface area contributed by atoms with Crippen molar-refractivity contribution in [3.63, 3.8) is 0 Å². The van der Waals surface area contributed by atoms with Crippen molar-refractivity contribution in [2.24, 2.45) is 0 Å². The molecule has 3 heterocycles. The number of hydrogen-bond acceptors (Lipinski definition) is 5. The fourth-order valence-electron chi connectivity index (χ4n) is 2.80. The summed E-state index contributed by atoms with van der Waals surface area (Å²) in [6.45, 7) is 0. The highest BCUT2D eigenvalue weighted by molar-refractivity contribution is 7.90. The van der Waals surface area contributed by atoms with Crippen LogP contribution < -0.4 is 0 Å². The lowest BCUT2D eigenvalue weighted by Crippen LogP contribution is -2.18. The molecule has 0 saturated heterocycles. The van der Waals surface area contributed by atoms with Gasteiger partial charge in [0.25, 0.3) is 10.0 Å². The molecule has 0 radical (unpaired) electrons. The molecule has 1 unspecified atom stereocenters. The fraction of sp³-hybridized carbons (Fsp3) is 0.0556. The molecule has 0 fully saturated rings. The lowest BCUT2D eigenvalue weighted by molar-refractivity contribution is 0.215. The first-order valence-corrected chi connectivity index (χ1v) is 9.93. The number of aliphatic hydroxyl groups is 1. The van der Waals surface area contributed by atoms with E-state index in [9.17, 15) is 13.5 Å². The minimum Gasteiger partial charge on any atom is -0.382 e. The maximum Gasteiger partial charge on any atom is 0.268 e. The number of fused-ring (bicyclic) bond motifs is 1. The van der Waals surface area contributed by atoms with Gasteiger partial charge in [-0.1, -0.05) is 18.2 Å². The Balaban J connectivity index is 2.01. The van der Waals surface area contributed by atoms with Gasteiger partial charge in [-0.25, -0.2) is 12.4 Å². The monoisotopic (exact) mass is 370 g/mol. The number of benzene rings is 1. The van der Waals surface area contributed by atoms with Crippen molar-refractivity contribution >= 4 is 32.3 Å². The topological polar surface area (TPSA) is 72.2 Å². The number of thiophene rings is 1. The van der Waals surface area contributed by atoms with Gasteiger partial charge in [0.2, 0.25) is 0 Å². The van der Waals surface area contributed by atoms with E-state index in [0.717, 1.165) is 0 Å². The third kappa shape index (κ3) is 2.66. The van der Waals surface area contributed by atoms with Crippen LogP contribution in [0.3, 0.4) is 0 Å². The number of pyridine rings is 1. The highest BCUT2D eigenvalue weighted by Crippen LogP contribution is 2.32. The van der Waals surface area contributed by atoms with Gasteiger partial charge in [0.05, 0.1) is 22.3 Å². The van der Waals surface area contributed by atoms with Gasteiger partial charge in [-0.05, 0) is 46.7 Å². The van der Waals surface area contributed by atoms with Crippen molar-refractivity contribution in [1.82, 2.24) is 8.96 Å². The molecule has 0 amide bonds. The number of hydrogen-bond donors (Lipinski definition) is 1. The van der Waals surface area contributed by atoms with Gasteiger partial charge in [-0.15, -0.1) is 0 Å². The van der Waals surface area contributed by atoms with E-state index < -0.39 is 16.1 Å². The molecule has 0 bridgehead atoms. The Labute approximate surface area is 148 Å². The second-order valence-corrected chi connectivity index (χ2v) is 8.11. The average Bonchev–Trinajstić information content (AvgIpc) is 3.29. The minimum absolute atomic E-state index is 0.162. The zero-order chi connectivity index (χ0) is 17.4. The van der Waals surface area contributed by atoms with Crippen molar-refractivity contribution < 1.29 is 13.5 Å². The largest absolute Gasteiger partial charge is 0.382 e. The molecular formula is C18H14N2O3S2. The zero-order valence-corrected chi connectivity index (χ0v) is 14.6. The SMILES string of the molecule is O=S(=O)(c1ccccc1)n1c(C(O)c2ccsc2)cc2ccncc21. The minimum atomic E-state index is -3.87. The van der Waals surface area contributed by atoms with Crippen molar-refractivity contribution in [2.75, 3.05) is 0 Å². The molecule has 7 heteroatoms. The maximum atomic E-state index is 13.2. The highest BCUT2D eigenvalue weighted by atomic mass is 32.2. The molecule has 0 aliphatic carbocycles. The molecule has 1 atom stereocenters. The summed E-state index contributed by atoms with van der Waals surface area (Å²) in [5.41, 5.74) is 1.39. The van der Waals surface area contributed by atoms with E-state index >= 15 is 0 Å². The maximum absolute atomic E-state index is 13.2. The summed E-state index contributed by atoms with van der Waals surface area (Å²) in [5.74, 6) is 0. The number of rotatable bonds is 4. The molecule has 0 aliphatic heterocycles. The number of aliphatic hydroxyl groups excluding tert-OH is 1. The fourth-order valence-corrected chi connectivity index (χ4v) is 5.04. The molecule has 1 N–H and O–H groups in total. The third-order valence-electron chi connectivity index (χ3n) is 4.01. The summed E-state index contributed by atoms with van der Waals surface area (Å²) in [6, 6.07) is 13.4. The van der Waals surface area contributed by atoms with Crippen molar-refractivity contribution in [2.45, 2.75) is 11.0 Å². The van der Waals surface area contributed by atoms with E-state index in [0.29, 0.717) is 22.2 Å². The zero-order valence-electron chi connectivity index (χ0n) is 13.0. The standard InChI is InChI=1S/C18H14N2O3S2/c21-18(14-7-9-24-12-14)16-10-13-6-8-19-11-17(13)20(16)25(22,23)15-4-2-1-3-5-15/h1-12,18,21H. The van der Waals surface area contributed by atoms with Crippen LogP contribution in [0.25, 0.3) is 10.9 Å². The first kappa shape index (κ1) is 16.0. The summed E-state index contributed by atoms with van der Waals surface area (Å²) in [6.07, 6.45) is 2.06. The molecule has 0 spiro atoms.